The molecule has 4 aliphatic carbocycles. The number of nitrogens with one attached hydrogen (secondary N) is 3. The van der Waals surface area contributed by atoms with Crippen molar-refractivity contribution in [3.63, 3.8) is 0 Å². The molecule has 0 aromatic carbocycles. The maximum atomic E-state index is 12.8. The third-order valence-electron chi connectivity index (χ3n) is 13.8. The lowest BCUT2D eigenvalue weighted by Crippen LogP contribution is -2.71. The predicted molar refractivity (Wildman–Crippen MR) is 191 cm³/mol. The van der Waals surface area contributed by atoms with Gasteiger partial charge < -0.3 is 31.5 Å². The highest BCUT2D eigenvalue weighted by molar-refractivity contribution is 5.66. The van der Waals surface area contributed by atoms with Crippen LogP contribution in [0.1, 0.15) is 138 Å². The standard InChI is InChI=1S/C39H74N4O3/c1-28(2)12-9-13-29(3)33-14-15-34-32-26-36(43-25-11-24-42-22-8-7-21-41-23-10-20-40)39(45)27-31(46-30(4)44)16-19-38(39,6)35(32)17-18-37(33,34)5/h28-29,31-36,41-43,45H,7-27,40H2,1-6H3/t29-,31+,32+,33-,34+,35+,36-,37-,38-,39+/m1/s1. The molecule has 6 N–H and O–H groups in total. The normalized spacial score (nSPS) is 37.8. The molecule has 4 saturated carbocycles. The van der Waals surface area contributed by atoms with Crippen LogP contribution in [0.5, 0.6) is 0 Å². The fourth-order valence-electron chi connectivity index (χ4n) is 11.4. The zero-order valence-corrected chi connectivity index (χ0v) is 30.8. The first-order valence-electron chi connectivity index (χ1n) is 19.7. The number of fused-ring (bicyclic) bond motifs is 5. The summed E-state index contributed by atoms with van der Waals surface area (Å²) in [6.07, 6.45) is 17.1. The quantitative estimate of drug-likeness (QED) is 0.0814. The van der Waals surface area contributed by atoms with Gasteiger partial charge in [-0.15, -0.1) is 0 Å². The van der Waals surface area contributed by atoms with Crippen LogP contribution < -0.4 is 21.7 Å². The number of carbonyl (C=O) groups excluding carboxylic acids is 1. The molecule has 4 rings (SSSR count). The van der Waals surface area contributed by atoms with Crippen LogP contribution in [0.15, 0.2) is 0 Å². The number of ether oxygens (including phenoxy) is 1. The number of unbranched alkanes of at least 4 members (excludes halogenated alkanes) is 1. The van der Waals surface area contributed by atoms with Gasteiger partial charge in [-0.1, -0.05) is 53.9 Å². The summed E-state index contributed by atoms with van der Waals surface area (Å²) in [7, 11) is 0. The van der Waals surface area contributed by atoms with Crippen molar-refractivity contribution in [2.24, 2.45) is 52.1 Å². The van der Waals surface area contributed by atoms with Crippen LogP contribution in [-0.2, 0) is 9.53 Å². The third-order valence-corrected chi connectivity index (χ3v) is 13.8. The van der Waals surface area contributed by atoms with Gasteiger partial charge in [-0.05, 0) is 151 Å². The third kappa shape index (κ3) is 8.70. The minimum absolute atomic E-state index is 0.0431. The van der Waals surface area contributed by atoms with Crippen LogP contribution >= 0.6 is 0 Å². The van der Waals surface area contributed by atoms with E-state index in [1.807, 2.05) is 0 Å². The molecule has 0 aliphatic heterocycles. The van der Waals surface area contributed by atoms with E-state index in [2.05, 4.69) is 50.6 Å². The highest BCUT2D eigenvalue weighted by Gasteiger charge is 2.67. The SMILES string of the molecule is CC(=O)O[C@H]1CC[C@]2(C)[C@H]3CC[C@]4(C)[C@@H]([C@H](C)CCCC(C)C)CC[C@H]4[C@@H]3C[C@@H](NCCCNCCCCNCCCN)[C@@]2(O)C1. The van der Waals surface area contributed by atoms with Gasteiger partial charge in [0.25, 0.3) is 0 Å². The maximum absolute atomic E-state index is 12.8. The van der Waals surface area contributed by atoms with Crippen molar-refractivity contribution in [1.82, 2.24) is 16.0 Å². The van der Waals surface area contributed by atoms with E-state index in [1.54, 1.807) is 0 Å². The largest absolute Gasteiger partial charge is 0.462 e. The molecule has 0 unspecified atom stereocenters. The molecule has 0 aromatic heterocycles. The van der Waals surface area contributed by atoms with Gasteiger partial charge in [0.1, 0.15) is 6.10 Å². The molecule has 46 heavy (non-hydrogen) atoms. The first kappa shape index (κ1) is 38.1. The van der Waals surface area contributed by atoms with E-state index in [0.717, 1.165) is 95.0 Å². The summed E-state index contributed by atoms with van der Waals surface area (Å²) >= 11 is 0. The minimum atomic E-state index is -0.854. The lowest BCUT2D eigenvalue weighted by molar-refractivity contribution is -0.237. The van der Waals surface area contributed by atoms with Crippen molar-refractivity contribution < 1.29 is 14.6 Å². The number of esters is 1. The first-order chi connectivity index (χ1) is 22.0. The molecular weight excluding hydrogens is 572 g/mol. The lowest BCUT2D eigenvalue weighted by Gasteiger charge is -2.66. The van der Waals surface area contributed by atoms with Gasteiger partial charge in [0, 0.05) is 24.8 Å². The molecule has 0 radical (unpaired) electrons. The fourth-order valence-corrected chi connectivity index (χ4v) is 11.4. The summed E-state index contributed by atoms with van der Waals surface area (Å²) in [5.41, 5.74) is 4.99. The van der Waals surface area contributed by atoms with E-state index < -0.39 is 5.60 Å². The molecule has 7 heteroatoms. The van der Waals surface area contributed by atoms with Crippen LogP contribution in [0.2, 0.25) is 0 Å². The molecule has 0 amide bonds. The molecule has 7 nitrogen and oxygen atoms in total. The Morgan fingerprint density at radius 1 is 0.870 bits per heavy atom. The summed E-state index contributed by atoms with van der Waals surface area (Å²) in [6, 6.07) is 0.0431. The number of hydrogen-bond acceptors (Lipinski definition) is 7. The summed E-state index contributed by atoms with van der Waals surface area (Å²) in [6.45, 7) is 19.7. The van der Waals surface area contributed by atoms with Crippen molar-refractivity contribution in [1.29, 1.82) is 0 Å². The van der Waals surface area contributed by atoms with Gasteiger partial charge in [-0.25, -0.2) is 0 Å². The summed E-state index contributed by atoms with van der Waals surface area (Å²) in [5.74, 6) is 4.18. The molecule has 0 aromatic rings. The molecular formula is C39H74N4O3. The average Bonchev–Trinajstić information content (AvgIpc) is 3.35. The molecule has 0 saturated heterocycles. The monoisotopic (exact) mass is 647 g/mol. The van der Waals surface area contributed by atoms with Crippen LogP contribution in [0.4, 0.5) is 0 Å². The van der Waals surface area contributed by atoms with E-state index in [-0.39, 0.29) is 23.5 Å². The molecule has 10 atom stereocenters. The van der Waals surface area contributed by atoms with Gasteiger partial charge in [-0.3, -0.25) is 4.79 Å². The Labute approximate surface area is 283 Å². The van der Waals surface area contributed by atoms with E-state index in [4.69, 9.17) is 10.5 Å². The summed E-state index contributed by atoms with van der Waals surface area (Å²) in [5, 5.41) is 23.9. The van der Waals surface area contributed by atoms with Gasteiger partial charge in [-0.2, -0.15) is 0 Å². The predicted octanol–water partition coefficient (Wildman–Crippen LogP) is 6.42. The minimum Gasteiger partial charge on any atom is -0.462 e. The van der Waals surface area contributed by atoms with E-state index in [9.17, 15) is 9.90 Å². The zero-order valence-electron chi connectivity index (χ0n) is 30.8. The molecule has 0 bridgehead atoms. The number of carbonyl (C=O) groups is 1. The van der Waals surface area contributed by atoms with Crippen molar-refractivity contribution in [2.75, 3.05) is 39.3 Å². The fraction of sp³-hybridized carbons (Fsp3) is 0.974. The molecule has 268 valence electrons. The lowest BCUT2D eigenvalue weighted by atomic mass is 9.42. The zero-order chi connectivity index (χ0) is 33.4. The van der Waals surface area contributed by atoms with E-state index in [0.29, 0.717) is 23.7 Å². The van der Waals surface area contributed by atoms with Crippen LogP contribution in [0.3, 0.4) is 0 Å². The Hall–Kier alpha value is -0.730. The van der Waals surface area contributed by atoms with Crippen LogP contribution in [0, 0.1) is 46.3 Å². The Morgan fingerprint density at radius 3 is 2.24 bits per heavy atom. The second-order valence-corrected chi connectivity index (χ2v) is 17.2. The van der Waals surface area contributed by atoms with Gasteiger partial charge in [0.2, 0.25) is 0 Å². The smallest absolute Gasteiger partial charge is 0.302 e. The van der Waals surface area contributed by atoms with Gasteiger partial charge in [0.15, 0.2) is 0 Å². The highest BCUT2D eigenvalue weighted by atomic mass is 16.5. The number of rotatable bonds is 19. The number of nitrogens with two attached hydrogens (primary N) is 1. The van der Waals surface area contributed by atoms with Crippen molar-refractivity contribution in [3.05, 3.63) is 0 Å². The van der Waals surface area contributed by atoms with Crippen molar-refractivity contribution >= 4 is 5.97 Å². The highest BCUT2D eigenvalue weighted by Crippen LogP contribution is 2.69. The molecule has 4 aliphatic rings. The topological polar surface area (TPSA) is 109 Å². The van der Waals surface area contributed by atoms with Crippen LogP contribution in [0.25, 0.3) is 0 Å². The van der Waals surface area contributed by atoms with Crippen LogP contribution in [-0.4, -0.2) is 68.1 Å². The van der Waals surface area contributed by atoms with Crippen molar-refractivity contribution in [2.45, 2.75) is 156 Å². The number of hydrogen-bond donors (Lipinski definition) is 5. The Bertz CT molecular complexity index is 933. The Morgan fingerprint density at radius 2 is 1.57 bits per heavy atom. The molecule has 0 heterocycles. The Balaban J connectivity index is 1.39. The molecule has 4 fully saturated rings. The summed E-state index contributed by atoms with van der Waals surface area (Å²) in [4.78, 5) is 12.0. The summed E-state index contributed by atoms with van der Waals surface area (Å²) < 4.78 is 5.78. The number of aliphatic hydroxyl groups is 1. The van der Waals surface area contributed by atoms with E-state index >= 15 is 0 Å². The van der Waals surface area contributed by atoms with Gasteiger partial charge in [0.05, 0.1) is 5.60 Å². The Kier molecular flexibility index (Phi) is 14.3. The average molecular weight is 647 g/mol. The first-order valence-corrected chi connectivity index (χ1v) is 19.7. The second-order valence-electron chi connectivity index (χ2n) is 17.2. The van der Waals surface area contributed by atoms with E-state index in [1.165, 1.54) is 64.7 Å². The molecule has 0 spiro atoms. The second kappa shape index (κ2) is 17.3. The maximum Gasteiger partial charge on any atom is 0.302 e. The van der Waals surface area contributed by atoms with Gasteiger partial charge >= 0.3 is 5.97 Å². The van der Waals surface area contributed by atoms with Crippen molar-refractivity contribution in [3.8, 4) is 0 Å².